The topological polar surface area (TPSA) is 119 Å². The summed E-state index contributed by atoms with van der Waals surface area (Å²) in [7, 11) is -4.72. The van der Waals surface area contributed by atoms with Gasteiger partial charge >= 0.3 is 19.8 Å². The quantitative estimate of drug-likeness (QED) is 0.0619. The largest absolute Gasteiger partial charge is 0.469 e. The molecule has 0 fully saturated rings. The van der Waals surface area contributed by atoms with Crippen molar-refractivity contribution in [1.29, 1.82) is 0 Å². The van der Waals surface area contributed by atoms with Crippen LogP contribution in [0.15, 0.2) is 12.2 Å². The molecule has 0 aliphatic rings. The average molecular weight is 521 g/mol. The van der Waals surface area contributed by atoms with Gasteiger partial charge in [-0.3, -0.25) is 14.1 Å². The minimum atomic E-state index is -4.72. The Morgan fingerprint density at radius 1 is 0.714 bits per heavy atom. The molecule has 9 heteroatoms. The first-order valence-corrected chi connectivity index (χ1v) is 15.0. The van der Waals surface area contributed by atoms with Gasteiger partial charge in [-0.05, 0) is 38.5 Å². The molecule has 1 atom stereocenters. The number of ether oxygens (including phenoxy) is 2. The average Bonchev–Trinajstić information content (AvgIpc) is 2.80. The minimum absolute atomic E-state index is 0.203. The van der Waals surface area contributed by atoms with Gasteiger partial charge in [-0.25, -0.2) is 4.57 Å². The number of allylic oxidation sites excluding steroid dienone is 2. The molecule has 2 N–H and O–H groups in total. The number of hydrogen-bond acceptors (Lipinski definition) is 6. The van der Waals surface area contributed by atoms with Crippen LogP contribution in [0.3, 0.4) is 0 Å². The Kier molecular flexibility index (Phi) is 22.4. The van der Waals surface area contributed by atoms with Gasteiger partial charge in [-0.15, -0.1) is 0 Å². The predicted octanol–water partition coefficient (Wildman–Crippen LogP) is 6.78. The van der Waals surface area contributed by atoms with Gasteiger partial charge in [0.1, 0.15) is 6.61 Å². The SMILES string of the molecule is CCCCCCC/C=C\CCCCCCCC(=O)OC(COC(=O)CCCCC)COP(=O)(O)O. The monoisotopic (exact) mass is 520 g/mol. The molecule has 0 saturated heterocycles. The smallest absolute Gasteiger partial charge is 0.462 e. The third-order valence-electron chi connectivity index (χ3n) is 5.53. The fourth-order valence-corrected chi connectivity index (χ4v) is 3.84. The lowest BCUT2D eigenvalue weighted by Crippen LogP contribution is -2.29. The van der Waals surface area contributed by atoms with E-state index in [1.807, 2.05) is 6.92 Å². The van der Waals surface area contributed by atoms with Crippen LogP contribution in [0, 0.1) is 0 Å². The van der Waals surface area contributed by atoms with Gasteiger partial charge in [0.05, 0.1) is 6.61 Å². The highest BCUT2D eigenvalue weighted by atomic mass is 31.2. The van der Waals surface area contributed by atoms with Crippen molar-refractivity contribution in [1.82, 2.24) is 0 Å². The summed E-state index contributed by atoms with van der Waals surface area (Å²) >= 11 is 0. The molecule has 0 heterocycles. The van der Waals surface area contributed by atoms with Crippen LogP contribution in [0.4, 0.5) is 0 Å². The van der Waals surface area contributed by atoms with Crippen molar-refractivity contribution in [3.63, 3.8) is 0 Å². The molecule has 0 aromatic heterocycles. The Hall–Kier alpha value is -1.21. The van der Waals surface area contributed by atoms with Gasteiger partial charge in [0.15, 0.2) is 6.10 Å². The van der Waals surface area contributed by atoms with Crippen molar-refractivity contribution >= 4 is 19.8 Å². The Bertz CT molecular complexity index is 602. The summed E-state index contributed by atoms with van der Waals surface area (Å²) in [6, 6.07) is 0. The summed E-state index contributed by atoms with van der Waals surface area (Å²) in [5.41, 5.74) is 0. The normalized spacial score (nSPS) is 12.7. The number of carbonyl (C=O) groups is 2. The van der Waals surface area contributed by atoms with Crippen LogP contribution < -0.4 is 0 Å². The van der Waals surface area contributed by atoms with Crippen LogP contribution >= 0.6 is 7.82 Å². The lowest BCUT2D eigenvalue weighted by molar-refractivity contribution is -0.161. The highest BCUT2D eigenvalue weighted by Crippen LogP contribution is 2.35. The third-order valence-corrected chi connectivity index (χ3v) is 6.02. The molecule has 0 bridgehead atoms. The first-order valence-electron chi connectivity index (χ1n) is 13.5. The Morgan fingerprint density at radius 2 is 1.20 bits per heavy atom. The van der Waals surface area contributed by atoms with E-state index < -0.39 is 32.5 Å². The van der Waals surface area contributed by atoms with Gasteiger partial charge in [-0.2, -0.15) is 0 Å². The van der Waals surface area contributed by atoms with Gasteiger partial charge < -0.3 is 19.3 Å². The molecule has 0 spiro atoms. The molecular weight excluding hydrogens is 471 g/mol. The molecule has 0 aromatic carbocycles. The van der Waals surface area contributed by atoms with Crippen molar-refractivity contribution in [2.24, 2.45) is 0 Å². The van der Waals surface area contributed by atoms with Gasteiger partial charge in [0, 0.05) is 12.8 Å². The first-order chi connectivity index (χ1) is 16.8. The Morgan fingerprint density at radius 3 is 1.80 bits per heavy atom. The van der Waals surface area contributed by atoms with Crippen LogP contribution in [0.5, 0.6) is 0 Å². The van der Waals surface area contributed by atoms with Crippen LogP contribution in [0.1, 0.15) is 123 Å². The number of phosphoric ester groups is 1. The van der Waals surface area contributed by atoms with Gasteiger partial charge in [0.25, 0.3) is 0 Å². The lowest BCUT2D eigenvalue weighted by Gasteiger charge is -2.18. The van der Waals surface area contributed by atoms with E-state index in [-0.39, 0.29) is 19.4 Å². The molecule has 0 radical (unpaired) electrons. The molecule has 0 rings (SSSR count). The molecule has 0 amide bonds. The van der Waals surface area contributed by atoms with Crippen molar-refractivity contribution in [2.45, 2.75) is 129 Å². The van der Waals surface area contributed by atoms with E-state index in [1.54, 1.807) is 0 Å². The van der Waals surface area contributed by atoms with Crippen LogP contribution in [-0.4, -0.2) is 41.0 Å². The summed E-state index contributed by atoms with van der Waals surface area (Å²) in [6.45, 7) is 3.43. The summed E-state index contributed by atoms with van der Waals surface area (Å²) in [6.07, 6.45) is 20.2. The van der Waals surface area contributed by atoms with Crippen LogP contribution in [0.25, 0.3) is 0 Å². The molecule has 8 nitrogen and oxygen atoms in total. The van der Waals surface area contributed by atoms with E-state index in [0.717, 1.165) is 44.9 Å². The van der Waals surface area contributed by atoms with E-state index in [9.17, 15) is 14.2 Å². The van der Waals surface area contributed by atoms with E-state index in [4.69, 9.17) is 19.3 Å². The van der Waals surface area contributed by atoms with Crippen molar-refractivity contribution in [3.8, 4) is 0 Å². The Labute approximate surface area is 212 Å². The molecule has 206 valence electrons. The molecule has 1 unspecified atom stereocenters. The molecule has 0 aliphatic heterocycles. The molecule has 0 aromatic rings. The van der Waals surface area contributed by atoms with Crippen molar-refractivity contribution < 1.29 is 37.9 Å². The number of unbranched alkanes of at least 4 members (excludes halogenated alkanes) is 12. The zero-order chi connectivity index (χ0) is 26.2. The summed E-state index contributed by atoms with van der Waals surface area (Å²) < 4.78 is 25.7. The molecule has 35 heavy (non-hydrogen) atoms. The van der Waals surface area contributed by atoms with Gasteiger partial charge in [-0.1, -0.05) is 83.8 Å². The number of esters is 2. The second-order valence-electron chi connectivity index (χ2n) is 9.02. The van der Waals surface area contributed by atoms with E-state index >= 15 is 0 Å². The van der Waals surface area contributed by atoms with E-state index in [2.05, 4.69) is 23.6 Å². The summed E-state index contributed by atoms with van der Waals surface area (Å²) in [4.78, 5) is 41.7. The maximum absolute atomic E-state index is 12.1. The highest BCUT2D eigenvalue weighted by molar-refractivity contribution is 7.46. The highest BCUT2D eigenvalue weighted by Gasteiger charge is 2.22. The maximum Gasteiger partial charge on any atom is 0.469 e. The molecular formula is C26H49O8P. The second kappa shape index (κ2) is 23.2. The fourth-order valence-electron chi connectivity index (χ4n) is 3.48. The first kappa shape index (κ1) is 33.8. The second-order valence-corrected chi connectivity index (χ2v) is 10.3. The standard InChI is InChI=1S/C26H49O8P/c1-3-5-7-8-9-10-11-12-13-14-15-16-17-19-21-26(28)34-24(23-33-35(29,30)31)22-32-25(27)20-18-6-4-2/h11-12,24H,3-10,13-23H2,1-2H3,(H2,29,30,31)/b12-11-. The number of rotatable bonds is 24. The van der Waals surface area contributed by atoms with Gasteiger partial charge in [0.2, 0.25) is 0 Å². The maximum atomic E-state index is 12.1. The van der Waals surface area contributed by atoms with E-state index in [0.29, 0.717) is 12.8 Å². The van der Waals surface area contributed by atoms with Crippen LogP contribution in [0.2, 0.25) is 0 Å². The fraction of sp³-hybridized carbons (Fsp3) is 0.846. The number of phosphoric acid groups is 1. The summed E-state index contributed by atoms with van der Waals surface area (Å²) in [5.74, 6) is -0.925. The summed E-state index contributed by atoms with van der Waals surface area (Å²) in [5, 5.41) is 0. The molecule has 0 saturated carbocycles. The molecule has 0 aliphatic carbocycles. The Balaban J connectivity index is 3.98. The number of carbonyl (C=O) groups excluding carboxylic acids is 2. The van der Waals surface area contributed by atoms with E-state index in [1.165, 1.54) is 38.5 Å². The van der Waals surface area contributed by atoms with Crippen molar-refractivity contribution in [3.05, 3.63) is 12.2 Å². The zero-order valence-corrected chi connectivity index (χ0v) is 22.9. The predicted molar refractivity (Wildman–Crippen MR) is 138 cm³/mol. The zero-order valence-electron chi connectivity index (χ0n) is 22.0. The van der Waals surface area contributed by atoms with Crippen LogP contribution in [-0.2, 0) is 28.2 Å². The third kappa shape index (κ3) is 25.7. The minimum Gasteiger partial charge on any atom is -0.462 e. The lowest BCUT2D eigenvalue weighted by atomic mass is 10.1. The van der Waals surface area contributed by atoms with Crippen molar-refractivity contribution in [2.75, 3.05) is 13.2 Å². The number of hydrogen-bond donors (Lipinski definition) is 2.